The van der Waals surface area contributed by atoms with Crippen LogP contribution in [-0.2, 0) is 17.9 Å². The zero-order valence-corrected chi connectivity index (χ0v) is 11.4. The molecule has 1 fully saturated rings. The molecule has 18 heavy (non-hydrogen) atoms. The summed E-state index contributed by atoms with van der Waals surface area (Å²) in [6.07, 6.45) is 6.94. The van der Waals surface area contributed by atoms with Crippen LogP contribution in [0.4, 0.5) is 0 Å². The molecule has 1 aromatic rings. The van der Waals surface area contributed by atoms with Gasteiger partial charge in [-0.15, -0.1) is 0 Å². The number of rotatable bonds is 5. The summed E-state index contributed by atoms with van der Waals surface area (Å²) < 4.78 is 6.06. The minimum Gasteiger partial charge on any atom is -0.374 e. The molecule has 2 unspecified atom stereocenters. The van der Waals surface area contributed by atoms with Gasteiger partial charge in [-0.3, -0.25) is 0 Å². The number of ether oxygens (including phenoxy) is 1. The minimum absolute atomic E-state index is 0.463. The van der Waals surface area contributed by atoms with E-state index in [1.54, 1.807) is 0 Å². The van der Waals surface area contributed by atoms with Crippen LogP contribution in [0.25, 0.3) is 0 Å². The highest BCUT2D eigenvalue weighted by molar-refractivity contribution is 5.22. The number of hydrogen-bond acceptors (Lipinski definition) is 2. The maximum absolute atomic E-state index is 6.06. The van der Waals surface area contributed by atoms with Gasteiger partial charge in [0.25, 0.3) is 0 Å². The fourth-order valence-electron chi connectivity index (χ4n) is 2.82. The highest BCUT2D eigenvalue weighted by Gasteiger charge is 2.21. The minimum atomic E-state index is 0.463. The van der Waals surface area contributed by atoms with Crippen molar-refractivity contribution >= 4 is 0 Å². The van der Waals surface area contributed by atoms with E-state index in [1.807, 2.05) is 0 Å². The van der Waals surface area contributed by atoms with Gasteiger partial charge in [0.2, 0.25) is 0 Å². The molecule has 1 aromatic carbocycles. The average Bonchev–Trinajstić information content (AvgIpc) is 2.45. The van der Waals surface area contributed by atoms with Crippen molar-refractivity contribution < 1.29 is 4.74 Å². The molecule has 0 aromatic heterocycles. The van der Waals surface area contributed by atoms with Crippen LogP contribution in [0, 0.1) is 5.92 Å². The summed E-state index contributed by atoms with van der Waals surface area (Å²) in [7, 11) is 0. The van der Waals surface area contributed by atoms with E-state index in [4.69, 9.17) is 10.5 Å². The van der Waals surface area contributed by atoms with Crippen molar-refractivity contribution in [1.29, 1.82) is 0 Å². The Morgan fingerprint density at radius 1 is 1.28 bits per heavy atom. The molecule has 2 atom stereocenters. The van der Waals surface area contributed by atoms with Gasteiger partial charge in [-0.25, -0.2) is 0 Å². The second kappa shape index (κ2) is 6.91. The standard InChI is InChI=1S/C16H25NO/c1-2-13-5-4-8-16(10-13)18-12-15-7-3-6-14(9-15)11-17/h3,6-7,9,13,16H,2,4-5,8,10-12,17H2,1H3. The van der Waals surface area contributed by atoms with Crippen LogP contribution in [0.2, 0.25) is 0 Å². The number of nitrogens with two attached hydrogens (primary N) is 1. The molecule has 1 aliphatic rings. The van der Waals surface area contributed by atoms with Crippen molar-refractivity contribution in [2.75, 3.05) is 0 Å². The second-order valence-electron chi connectivity index (χ2n) is 5.40. The zero-order valence-electron chi connectivity index (χ0n) is 11.4. The average molecular weight is 247 g/mol. The Morgan fingerprint density at radius 2 is 2.11 bits per heavy atom. The third kappa shape index (κ3) is 3.82. The summed E-state index contributed by atoms with van der Waals surface area (Å²) in [6, 6.07) is 8.41. The van der Waals surface area contributed by atoms with E-state index >= 15 is 0 Å². The summed E-state index contributed by atoms with van der Waals surface area (Å²) >= 11 is 0. The van der Waals surface area contributed by atoms with Gasteiger partial charge in [0.05, 0.1) is 12.7 Å². The van der Waals surface area contributed by atoms with Crippen LogP contribution in [0.5, 0.6) is 0 Å². The Morgan fingerprint density at radius 3 is 2.89 bits per heavy atom. The predicted octanol–water partition coefficient (Wildman–Crippen LogP) is 3.63. The van der Waals surface area contributed by atoms with Gasteiger partial charge in [0, 0.05) is 6.54 Å². The fourth-order valence-corrected chi connectivity index (χ4v) is 2.82. The summed E-state index contributed by atoms with van der Waals surface area (Å²) in [5.41, 5.74) is 8.09. The molecule has 2 heteroatoms. The molecule has 0 amide bonds. The summed E-state index contributed by atoms with van der Waals surface area (Å²) in [6.45, 7) is 3.63. The van der Waals surface area contributed by atoms with Crippen molar-refractivity contribution in [2.24, 2.45) is 11.7 Å². The SMILES string of the molecule is CCC1CCCC(OCc2cccc(CN)c2)C1. The Labute approximate surface area is 111 Å². The topological polar surface area (TPSA) is 35.2 Å². The maximum Gasteiger partial charge on any atom is 0.0720 e. The molecule has 0 aliphatic heterocycles. The lowest BCUT2D eigenvalue weighted by Crippen LogP contribution is -2.22. The second-order valence-corrected chi connectivity index (χ2v) is 5.40. The number of benzene rings is 1. The van der Waals surface area contributed by atoms with E-state index in [0.717, 1.165) is 12.5 Å². The molecular weight excluding hydrogens is 222 g/mol. The molecule has 0 saturated heterocycles. The van der Waals surface area contributed by atoms with Crippen molar-refractivity contribution in [1.82, 2.24) is 0 Å². The molecule has 1 aliphatic carbocycles. The quantitative estimate of drug-likeness (QED) is 0.862. The van der Waals surface area contributed by atoms with E-state index in [-0.39, 0.29) is 0 Å². The van der Waals surface area contributed by atoms with Crippen molar-refractivity contribution in [3.05, 3.63) is 35.4 Å². The van der Waals surface area contributed by atoms with Crippen molar-refractivity contribution in [2.45, 2.75) is 58.3 Å². The van der Waals surface area contributed by atoms with E-state index in [9.17, 15) is 0 Å². The molecule has 2 nitrogen and oxygen atoms in total. The van der Waals surface area contributed by atoms with Gasteiger partial charge >= 0.3 is 0 Å². The third-order valence-corrected chi connectivity index (χ3v) is 4.02. The molecule has 0 spiro atoms. The molecule has 2 rings (SSSR count). The molecule has 100 valence electrons. The Hall–Kier alpha value is -0.860. The lowest BCUT2D eigenvalue weighted by molar-refractivity contribution is 0.00175. The first-order valence-electron chi connectivity index (χ1n) is 7.21. The van der Waals surface area contributed by atoms with Gasteiger partial charge in [-0.05, 0) is 29.9 Å². The molecule has 0 heterocycles. The van der Waals surface area contributed by atoms with Gasteiger partial charge in [0.15, 0.2) is 0 Å². The fraction of sp³-hybridized carbons (Fsp3) is 0.625. The highest BCUT2D eigenvalue weighted by Crippen LogP contribution is 2.28. The lowest BCUT2D eigenvalue weighted by Gasteiger charge is -2.28. The molecule has 2 N–H and O–H groups in total. The van der Waals surface area contributed by atoms with Gasteiger partial charge in [-0.2, -0.15) is 0 Å². The lowest BCUT2D eigenvalue weighted by atomic mass is 9.85. The Balaban J connectivity index is 1.83. The van der Waals surface area contributed by atoms with Crippen LogP contribution in [0.1, 0.15) is 50.2 Å². The van der Waals surface area contributed by atoms with Crippen molar-refractivity contribution in [3.8, 4) is 0 Å². The summed E-state index contributed by atoms with van der Waals surface area (Å²) in [5, 5.41) is 0. The van der Waals surface area contributed by atoms with E-state index in [1.165, 1.54) is 43.2 Å². The van der Waals surface area contributed by atoms with Gasteiger partial charge < -0.3 is 10.5 Å². The van der Waals surface area contributed by atoms with E-state index < -0.39 is 0 Å². The van der Waals surface area contributed by atoms with Crippen molar-refractivity contribution in [3.63, 3.8) is 0 Å². The molecule has 1 saturated carbocycles. The van der Waals surface area contributed by atoms with Gasteiger partial charge in [0.1, 0.15) is 0 Å². The largest absolute Gasteiger partial charge is 0.374 e. The number of hydrogen-bond donors (Lipinski definition) is 1. The van der Waals surface area contributed by atoms with Crippen LogP contribution in [0.3, 0.4) is 0 Å². The highest BCUT2D eigenvalue weighted by atomic mass is 16.5. The first-order chi connectivity index (χ1) is 8.81. The summed E-state index contributed by atoms with van der Waals surface area (Å²) in [4.78, 5) is 0. The first kappa shape index (κ1) is 13.6. The smallest absolute Gasteiger partial charge is 0.0720 e. The Bertz CT molecular complexity index is 364. The zero-order chi connectivity index (χ0) is 12.8. The monoisotopic (exact) mass is 247 g/mol. The van der Waals surface area contributed by atoms with Crippen LogP contribution in [0.15, 0.2) is 24.3 Å². The third-order valence-electron chi connectivity index (χ3n) is 4.02. The molecule has 0 bridgehead atoms. The first-order valence-corrected chi connectivity index (χ1v) is 7.21. The van der Waals surface area contributed by atoms with Gasteiger partial charge in [-0.1, -0.05) is 50.5 Å². The maximum atomic E-state index is 6.06. The van der Waals surface area contributed by atoms with E-state index in [0.29, 0.717) is 12.6 Å². The summed E-state index contributed by atoms with van der Waals surface area (Å²) in [5.74, 6) is 0.874. The van der Waals surface area contributed by atoms with Crippen LogP contribution >= 0.6 is 0 Å². The Kier molecular flexibility index (Phi) is 5.21. The molecule has 0 radical (unpaired) electrons. The van der Waals surface area contributed by atoms with Crippen LogP contribution in [-0.4, -0.2) is 6.10 Å². The van der Waals surface area contributed by atoms with E-state index in [2.05, 4.69) is 31.2 Å². The normalized spacial score (nSPS) is 24.1. The molecular formula is C16H25NO. The van der Waals surface area contributed by atoms with Crippen LogP contribution < -0.4 is 5.73 Å². The predicted molar refractivity (Wildman–Crippen MR) is 75.2 cm³/mol.